The highest BCUT2D eigenvalue weighted by Gasteiger charge is 2.42. The first kappa shape index (κ1) is 17.0. The summed E-state index contributed by atoms with van der Waals surface area (Å²) in [6.07, 6.45) is 8.79. The van der Waals surface area contributed by atoms with Crippen LogP contribution in [0.4, 0.5) is 0 Å². The van der Waals surface area contributed by atoms with Crippen LogP contribution in [0.2, 0.25) is 0 Å². The van der Waals surface area contributed by atoms with Gasteiger partial charge in [-0.3, -0.25) is 4.79 Å². The van der Waals surface area contributed by atoms with E-state index in [9.17, 15) is 10.1 Å². The van der Waals surface area contributed by atoms with Gasteiger partial charge in [0.05, 0.1) is 6.07 Å². The van der Waals surface area contributed by atoms with Gasteiger partial charge in [-0.25, -0.2) is 0 Å². The number of likely N-dealkylation sites (tertiary alicyclic amines) is 1. The van der Waals surface area contributed by atoms with Gasteiger partial charge in [-0.2, -0.15) is 5.26 Å². The molecule has 1 atom stereocenters. The maximum absolute atomic E-state index is 13.0. The van der Waals surface area contributed by atoms with Crippen LogP contribution in [0, 0.1) is 16.7 Å². The summed E-state index contributed by atoms with van der Waals surface area (Å²) in [5, 5.41) is 9.66. The molecule has 0 bridgehead atoms. The fourth-order valence-corrected chi connectivity index (χ4v) is 3.53. The second-order valence-electron chi connectivity index (χ2n) is 6.13. The number of hydrogen-bond donors (Lipinski definition) is 0. The Kier molecular flexibility index (Phi) is 7.05. The van der Waals surface area contributed by atoms with E-state index >= 15 is 0 Å². The lowest BCUT2D eigenvalue weighted by Gasteiger charge is -2.40. The van der Waals surface area contributed by atoms with Crippen LogP contribution in [0.15, 0.2) is 0 Å². The molecule has 0 radical (unpaired) electrons. The van der Waals surface area contributed by atoms with Crippen molar-refractivity contribution in [2.45, 2.75) is 84.6 Å². The molecule has 1 rings (SSSR count). The van der Waals surface area contributed by atoms with Gasteiger partial charge in [0, 0.05) is 12.6 Å². The molecule has 0 aliphatic carbocycles. The highest BCUT2D eigenvalue weighted by atomic mass is 16.2. The number of carbonyl (C=O) groups is 1. The van der Waals surface area contributed by atoms with Gasteiger partial charge in [-0.1, -0.05) is 40.0 Å². The molecule has 0 N–H and O–H groups in total. The molecule has 0 aromatic rings. The molecular formula is C17H30N2O. The Morgan fingerprint density at radius 3 is 2.35 bits per heavy atom. The molecule has 20 heavy (non-hydrogen) atoms. The molecule has 0 saturated carbocycles. The third-order valence-corrected chi connectivity index (χ3v) is 4.49. The summed E-state index contributed by atoms with van der Waals surface area (Å²) in [5.74, 6) is 0.113. The van der Waals surface area contributed by atoms with E-state index in [4.69, 9.17) is 0 Å². The largest absolute Gasteiger partial charge is 0.338 e. The molecule has 1 fully saturated rings. The summed E-state index contributed by atoms with van der Waals surface area (Å²) < 4.78 is 0. The molecule has 0 spiro atoms. The van der Waals surface area contributed by atoms with Crippen molar-refractivity contribution in [3.63, 3.8) is 0 Å². The van der Waals surface area contributed by atoms with E-state index in [-0.39, 0.29) is 5.91 Å². The van der Waals surface area contributed by atoms with Crippen molar-refractivity contribution in [2.75, 3.05) is 6.54 Å². The van der Waals surface area contributed by atoms with Gasteiger partial charge in [-0.15, -0.1) is 0 Å². The van der Waals surface area contributed by atoms with Gasteiger partial charge < -0.3 is 4.90 Å². The Balaban J connectivity index is 2.94. The van der Waals surface area contributed by atoms with Crippen LogP contribution >= 0.6 is 0 Å². The van der Waals surface area contributed by atoms with Crippen molar-refractivity contribution in [1.29, 1.82) is 5.26 Å². The zero-order valence-electron chi connectivity index (χ0n) is 13.5. The molecule has 1 saturated heterocycles. The lowest BCUT2D eigenvalue weighted by molar-refractivity contribution is -0.144. The first-order valence-electron chi connectivity index (χ1n) is 8.37. The molecule has 0 aromatic carbocycles. The van der Waals surface area contributed by atoms with Gasteiger partial charge in [0.1, 0.15) is 5.41 Å². The first-order valence-corrected chi connectivity index (χ1v) is 8.37. The normalized spacial score (nSPS) is 19.7. The molecule has 3 nitrogen and oxygen atoms in total. The Bertz CT molecular complexity index is 337. The summed E-state index contributed by atoms with van der Waals surface area (Å²) in [7, 11) is 0. The van der Waals surface area contributed by atoms with Crippen molar-refractivity contribution in [2.24, 2.45) is 5.41 Å². The zero-order chi connectivity index (χ0) is 15.0. The van der Waals surface area contributed by atoms with Gasteiger partial charge >= 0.3 is 0 Å². The first-order chi connectivity index (χ1) is 9.65. The number of piperidine rings is 1. The summed E-state index contributed by atoms with van der Waals surface area (Å²) in [6.45, 7) is 7.15. The third kappa shape index (κ3) is 3.75. The summed E-state index contributed by atoms with van der Waals surface area (Å²) in [4.78, 5) is 15.1. The summed E-state index contributed by atoms with van der Waals surface area (Å²) >= 11 is 0. The van der Waals surface area contributed by atoms with Crippen molar-refractivity contribution in [3.8, 4) is 6.07 Å². The Hall–Kier alpha value is -1.04. The molecule has 1 aliphatic heterocycles. The van der Waals surface area contributed by atoms with E-state index in [1.165, 1.54) is 6.42 Å². The van der Waals surface area contributed by atoms with E-state index < -0.39 is 5.41 Å². The topological polar surface area (TPSA) is 44.1 Å². The second kappa shape index (κ2) is 8.29. The summed E-state index contributed by atoms with van der Waals surface area (Å²) in [5.41, 5.74) is -0.771. The minimum Gasteiger partial charge on any atom is -0.338 e. The molecule has 3 heteroatoms. The predicted octanol–water partition coefficient (Wildman–Crippen LogP) is 4.28. The molecule has 1 aliphatic rings. The summed E-state index contributed by atoms with van der Waals surface area (Å²) in [6, 6.07) is 2.75. The van der Waals surface area contributed by atoms with E-state index in [0.29, 0.717) is 18.9 Å². The van der Waals surface area contributed by atoms with Crippen LogP contribution in [-0.4, -0.2) is 23.4 Å². The van der Waals surface area contributed by atoms with Crippen LogP contribution in [0.3, 0.4) is 0 Å². The van der Waals surface area contributed by atoms with Crippen LogP contribution in [0.25, 0.3) is 0 Å². The molecular weight excluding hydrogens is 248 g/mol. The number of nitriles is 1. The number of hydrogen-bond acceptors (Lipinski definition) is 2. The lowest BCUT2D eigenvalue weighted by Crippen LogP contribution is -2.50. The highest BCUT2D eigenvalue weighted by Crippen LogP contribution is 2.34. The highest BCUT2D eigenvalue weighted by molar-refractivity contribution is 5.85. The maximum atomic E-state index is 13.0. The molecule has 114 valence electrons. The second-order valence-corrected chi connectivity index (χ2v) is 6.13. The van der Waals surface area contributed by atoms with Crippen molar-refractivity contribution < 1.29 is 4.79 Å². The Morgan fingerprint density at radius 1 is 1.20 bits per heavy atom. The van der Waals surface area contributed by atoms with E-state index in [0.717, 1.165) is 45.1 Å². The number of nitrogens with zero attached hydrogens (tertiary/aromatic N) is 2. The van der Waals surface area contributed by atoms with Gasteiger partial charge in [0.15, 0.2) is 0 Å². The fourth-order valence-electron chi connectivity index (χ4n) is 3.53. The van der Waals surface area contributed by atoms with Crippen LogP contribution in [0.1, 0.15) is 78.6 Å². The van der Waals surface area contributed by atoms with Gasteiger partial charge in [-0.05, 0) is 38.5 Å². The van der Waals surface area contributed by atoms with Crippen LogP contribution in [0.5, 0.6) is 0 Å². The van der Waals surface area contributed by atoms with Gasteiger partial charge in [0.2, 0.25) is 5.91 Å². The monoisotopic (exact) mass is 278 g/mol. The molecule has 1 amide bonds. The molecule has 0 aromatic heterocycles. The van der Waals surface area contributed by atoms with Crippen LogP contribution in [-0.2, 0) is 4.79 Å². The standard InChI is InChI=1S/C17H30N2O/c1-4-9-15-10-7-8-13-19(15)16(20)17(14-18,11-5-2)12-6-3/h15H,4-13H2,1-3H3. The van der Waals surface area contributed by atoms with Crippen LogP contribution < -0.4 is 0 Å². The van der Waals surface area contributed by atoms with Crippen molar-refractivity contribution in [1.82, 2.24) is 4.90 Å². The predicted molar refractivity (Wildman–Crippen MR) is 82.1 cm³/mol. The quantitative estimate of drug-likeness (QED) is 0.697. The fraction of sp³-hybridized carbons (Fsp3) is 0.882. The van der Waals surface area contributed by atoms with Crippen molar-refractivity contribution in [3.05, 3.63) is 0 Å². The smallest absolute Gasteiger partial charge is 0.243 e. The maximum Gasteiger partial charge on any atom is 0.243 e. The average molecular weight is 278 g/mol. The lowest BCUT2D eigenvalue weighted by atomic mass is 9.78. The zero-order valence-corrected chi connectivity index (χ0v) is 13.5. The minimum atomic E-state index is -0.771. The minimum absolute atomic E-state index is 0.113. The third-order valence-electron chi connectivity index (χ3n) is 4.49. The SMILES string of the molecule is CCCC1CCCCN1C(=O)C(C#N)(CCC)CCC. The van der Waals surface area contributed by atoms with Gasteiger partial charge in [0.25, 0.3) is 0 Å². The Morgan fingerprint density at radius 2 is 1.85 bits per heavy atom. The van der Waals surface area contributed by atoms with E-state index in [1.54, 1.807) is 0 Å². The average Bonchev–Trinajstić information content (AvgIpc) is 2.47. The van der Waals surface area contributed by atoms with E-state index in [1.807, 2.05) is 4.90 Å². The molecule has 1 heterocycles. The number of carbonyl (C=O) groups excluding carboxylic acids is 1. The van der Waals surface area contributed by atoms with Crippen molar-refractivity contribution >= 4 is 5.91 Å². The van der Waals surface area contributed by atoms with E-state index in [2.05, 4.69) is 26.8 Å². The molecule has 1 unspecified atom stereocenters. The number of amides is 1. The number of rotatable bonds is 7. The Labute approximate surface area is 124 Å².